The molecule has 0 saturated heterocycles. The Bertz CT molecular complexity index is 930. The second-order valence-electron chi connectivity index (χ2n) is 5.69. The molecule has 4 nitrogen and oxygen atoms in total. The summed E-state index contributed by atoms with van der Waals surface area (Å²) >= 11 is 0. The van der Waals surface area contributed by atoms with Gasteiger partial charge in [-0.1, -0.05) is 35.4 Å². The van der Waals surface area contributed by atoms with Gasteiger partial charge < -0.3 is 5.32 Å². The first-order chi connectivity index (χ1) is 11.4. The second-order valence-corrected chi connectivity index (χ2v) is 7.64. The van der Waals surface area contributed by atoms with Gasteiger partial charge in [0, 0.05) is 11.9 Å². The molecule has 3 rings (SSSR count). The van der Waals surface area contributed by atoms with Gasteiger partial charge in [0.15, 0.2) is 0 Å². The number of nitrogens with zero attached hydrogens (tertiary/aromatic N) is 1. The summed E-state index contributed by atoms with van der Waals surface area (Å²) in [4.78, 5) is 4.67. The molecule has 0 aliphatic carbocycles. The van der Waals surface area contributed by atoms with Crippen molar-refractivity contribution in [3.05, 3.63) is 78.0 Å². The minimum absolute atomic E-state index is 0.181. The van der Waals surface area contributed by atoms with E-state index in [2.05, 4.69) is 10.3 Å². The van der Waals surface area contributed by atoms with Crippen LogP contribution in [0.5, 0.6) is 0 Å². The molecule has 0 saturated carbocycles. The third kappa shape index (κ3) is 3.46. The average Bonchev–Trinajstić information content (AvgIpc) is 2.58. The molecule has 3 aromatic rings. The van der Waals surface area contributed by atoms with Crippen molar-refractivity contribution >= 4 is 21.3 Å². The van der Waals surface area contributed by atoms with E-state index in [-0.39, 0.29) is 9.79 Å². The van der Waals surface area contributed by atoms with E-state index in [9.17, 15) is 8.42 Å². The molecule has 122 valence electrons. The molecule has 0 bridgehead atoms. The molecule has 0 radical (unpaired) electrons. The van der Waals surface area contributed by atoms with Crippen molar-refractivity contribution in [2.75, 3.05) is 5.32 Å². The number of benzene rings is 2. The van der Waals surface area contributed by atoms with Crippen LogP contribution in [0.1, 0.15) is 11.1 Å². The summed E-state index contributed by atoms with van der Waals surface area (Å²) in [5, 5.41) is 3.15. The molecule has 0 fully saturated rings. The van der Waals surface area contributed by atoms with Crippen molar-refractivity contribution < 1.29 is 8.42 Å². The molecular weight excluding hydrogens is 320 g/mol. The van der Waals surface area contributed by atoms with E-state index in [0.717, 1.165) is 11.3 Å². The van der Waals surface area contributed by atoms with Crippen molar-refractivity contribution in [1.82, 2.24) is 4.98 Å². The number of anilines is 2. The molecule has 24 heavy (non-hydrogen) atoms. The summed E-state index contributed by atoms with van der Waals surface area (Å²) in [6.45, 7) is 3.94. The fourth-order valence-corrected chi connectivity index (χ4v) is 3.46. The molecule has 2 aromatic carbocycles. The van der Waals surface area contributed by atoms with Gasteiger partial charge in [-0.2, -0.15) is 0 Å². The van der Waals surface area contributed by atoms with E-state index in [1.165, 1.54) is 11.8 Å². The zero-order chi connectivity index (χ0) is 17.2. The predicted molar refractivity (Wildman–Crippen MR) is 95.3 cm³/mol. The first kappa shape index (κ1) is 16.2. The van der Waals surface area contributed by atoms with Gasteiger partial charge in [0.2, 0.25) is 9.84 Å². The molecule has 0 aliphatic rings. The minimum atomic E-state index is -3.54. The summed E-state index contributed by atoms with van der Waals surface area (Å²) in [7, 11) is -3.54. The summed E-state index contributed by atoms with van der Waals surface area (Å²) in [6.07, 6.45) is 1.38. The van der Waals surface area contributed by atoms with Crippen molar-refractivity contribution in [2.45, 2.75) is 23.6 Å². The van der Waals surface area contributed by atoms with Gasteiger partial charge in [-0.25, -0.2) is 13.4 Å². The molecule has 1 heterocycles. The highest BCUT2D eigenvalue weighted by molar-refractivity contribution is 7.91. The van der Waals surface area contributed by atoms with Gasteiger partial charge in [0.25, 0.3) is 0 Å². The molecule has 1 N–H and O–H groups in total. The number of hydrogen-bond donors (Lipinski definition) is 1. The highest BCUT2D eigenvalue weighted by Gasteiger charge is 2.17. The lowest BCUT2D eigenvalue weighted by Gasteiger charge is -2.08. The largest absolute Gasteiger partial charge is 0.340 e. The van der Waals surface area contributed by atoms with E-state index in [1.807, 2.05) is 38.1 Å². The summed E-state index contributed by atoms with van der Waals surface area (Å²) < 4.78 is 25.2. The quantitative estimate of drug-likeness (QED) is 0.771. The van der Waals surface area contributed by atoms with Crippen LogP contribution in [0.4, 0.5) is 11.5 Å². The van der Waals surface area contributed by atoms with Crippen LogP contribution in [0.3, 0.4) is 0 Å². The van der Waals surface area contributed by atoms with Crippen LogP contribution in [-0.4, -0.2) is 13.4 Å². The van der Waals surface area contributed by atoms with Crippen LogP contribution in [0.2, 0.25) is 0 Å². The molecule has 0 unspecified atom stereocenters. The third-order valence-corrected chi connectivity index (χ3v) is 5.46. The summed E-state index contributed by atoms with van der Waals surface area (Å²) in [6, 6.07) is 17.9. The van der Waals surface area contributed by atoms with Crippen LogP contribution in [-0.2, 0) is 9.84 Å². The Kier molecular flexibility index (Phi) is 4.36. The first-order valence-electron chi connectivity index (χ1n) is 7.57. The Morgan fingerprint density at radius 3 is 1.83 bits per heavy atom. The van der Waals surface area contributed by atoms with Gasteiger partial charge in [0.1, 0.15) is 5.82 Å². The molecule has 0 atom stereocenters. The number of pyridine rings is 1. The number of hydrogen-bond acceptors (Lipinski definition) is 4. The predicted octanol–water partition coefficient (Wildman–Crippen LogP) is 4.27. The van der Waals surface area contributed by atoms with E-state index >= 15 is 0 Å². The lowest BCUT2D eigenvalue weighted by Crippen LogP contribution is -2.03. The van der Waals surface area contributed by atoms with Crippen LogP contribution in [0.25, 0.3) is 0 Å². The number of aromatic nitrogens is 1. The molecule has 0 aliphatic heterocycles. The van der Waals surface area contributed by atoms with E-state index in [0.29, 0.717) is 5.82 Å². The van der Waals surface area contributed by atoms with Crippen molar-refractivity contribution in [1.29, 1.82) is 0 Å². The van der Waals surface area contributed by atoms with Crippen LogP contribution < -0.4 is 5.32 Å². The molecule has 0 amide bonds. The number of rotatable bonds is 4. The second kappa shape index (κ2) is 6.45. The Hall–Kier alpha value is -2.66. The zero-order valence-corrected chi connectivity index (χ0v) is 14.3. The van der Waals surface area contributed by atoms with E-state index in [1.54, 1.807) is 36.4 Å². The zero-order valence-electron chi connectivity index (χ0n) is 13.5. The lowest BCUT2D eigenvalue weighted by atomic mass is 10.2. The maximum Gasteiger partial charge on any atom is 0.208 e. The van der Waals surface area contributed by atoms with Crippen LogP contribution in [0.15, 0.2) is 76.7 Å². The van der Waals surface area contributed by atoms with E-state index in [4.69, 9.17) is 0 Å². The maximum absolute atomic E-state index is 12.6. The molecular formula is C19H18N2O2S. The van der Waals surface area contributed by atoms with Gasteiger partial charge in [0.05, 0.1) is 9.79 Å². The van der Waals surface area contributed by atoms with Crippen molar-refractivity contribution in [3.63, 3.8) is 0 Å². The standard InChI is InChI=1S/C19H18N2O2S/c1-14-3-7-16(8-4-14)21-19-12-11-18(13-20-19)24(22,23)17-9-5-15(2)6-10-17/h3-13H,1-2H3,(H,20,21). The van der Waals surface area contributed by atoms with Gasteiger partial charge in [-0.3, -0.25) is 0 Å². The van der Waals surface area contributed by atoms with Crippen molar-refractivity contribution in [2.24, 2.45) is 0 Å². The highest BCUT2D eigenvalue weighted by atomic mass is 32.2. The lowest BCUT2D eigenvalue weighted by molar-refractivity contribution is 0.595. The van der Waals surface area contributed by atoms with Crippen molar-refractivity contribution in [3.8, 4) is 0 Å². The normalized spacial score (nSPS) is 11.2. The topological polar surface area (TPSA) is 59.1 Å². The number of nitrogens with one attached hydrogen (secondary N) is 1. The van der Waals surface area contributed by atoms with Gasteiger partial charge in [-0.15, -0.1) is 0 Å². The minimum Gasteiger partial charge on any atom is -0.340 e. The number of sulfone groups is 1. The summed E-state index contributed by atoms with van der Waals surface area (Å²) in [5.41, 5.74) is 3.10. The molecule has 0 spiro atoms. The maximum atomic E-state index is 12.6. The smallest absolute Gasteiger partial charge is 0.208 e. The highest BCUT2D eigenvalue weighted by Crippen LogP contribution is 2.22. The van der Waals surface area contributed by atoms with Gasteiger partial charge >= 0.3 is 0 Å². The fraction of sp³-hybridized carbons (Fsp3) is 0.105. The van der Waals surface area contributed by atoms with Crippen LogP contribution in [0, 0.1) is 13.8 Å². The Balaban J connectivity index is 1.83. The number of aryl methyl sites for hydroxylation is 2. The summed E-state index contributed by atoms with van der Waals surface area (Å²) in [5.74, 6) is 0.599. The first-order valence-corrected chi connectivity index (χ1v) is 9.05. The SMILES string of the molecule is Cc1ccc(Nc2ccc(S(=O)(=O)c3ccc(C)cc3)cn2)cc1. The molecule has 1 aromatic heterocycles. The van der Waals surface area contributed by atoms with E-state index < -0.39 is 9.84 Å². The van der Waals surface area contributed by atoms with Gasteiger partial charge in [-0.05, 0) is 50.2 Å². The van der Waals surface area contributed by atoms with Crippen LogP contribution >= 0.6 is 0 Å². The third-order valence-electron chi connectivity index (χ3n) is 3.70. The molecule has 5 heteroatoms. The average molecular weight is 338 g/mol. The Morgan fingerprint density at radius 1 is 0.750 bits per heavy atom. The fourth-order valence-electron chi connectivity index (χ4n) is 2.25. The Morgan fingerprint density at radius 2 is 1.29 bits per heavy atom. The Labute approximate surface area is 142 Å². The monoisotopic (exact) mass is 338 g/mol.